The third-order valence-corrected chi connectivity index (χ3v) is 6.52. The molecule has 1 aliphatic carbocycles. The second-order valence-corrected chi connectivity index (χ2v) is 8.89. The van der Waals surface area contributed by atoms with Gasteiger partial charge in [-0.2, -0.15) is 0 Å². The summed E-state index contributed by atoms with van der Waals surface area (Å²) >= 11 is 0. The molecule has 1 fully saturated rings. The number of hydrogen-bond acceptors (Lipinski definition) is 3. The number of sulfonamides is 1. The maximum atomic E-state index is 12.7. The van der Waals surface area contributed by atoms with Crippen molar-refractivity contribution in [2.75, 3.05) is 0 Å². The molecule has 1 N–H and O–H groups in total. The first-order valence-corrected chi connectivity index (χ1v) is 11.0. The fourth-order valence-electron chi connectivity index (χ4n) is 3.45. The Bertz CT molecular complexity index is 936. The number of allylic oxidation sites excluding steroid dienone is 1. The molecule has 1 saturated carbocycles. The van der Waals surface area contributed by atoms with E-state index in [9.17, 15) is 13.6 Å². The maximum Gasteiger partial charge on any atom is 0.241 e. The Morgan fingerprint density at radius 3 is 2.43 bits per heavy atom. The molecule has 1 aliphatic rings. The van der Waals surface area contributed by atoms with Crippen molar-refractivity contribution in [3.05, 3.63) is 77.0 Å². The topological polar surface area (TPSA) is 72.2 Å². The van der Waals surface area contributed by atoms with Crippen molar-refractivity contribution >= 4 is 22.3 Å². The van der Waals surface area contributed by atoms with Crippen LogP contribution >= 0.6 is 0 Å². The monoisotopic (exact) mass is 398 g/mol. The van der Waals surface area contributed by atoms with Gasteiger partial charge in [0.25, 0.3) is 0 Å². The third-order valence-electron chi connectivity index (χ3n) is 5.02. The van der Waals surface area contributed by atoms with Gasteiger partial charge in [-0.05, 0) is 43.5 Å². The molecule has 0 bridgehead atoms. The van der Waals surface area contributed by atoms with Crippen LogP contribution < -0.4 is 4.72 Å². The van der Waals surface area contributed by atoms with Gasteiger partial charge in [0.05, 0.1) is 10.9 Å². The van der Waals surface area contributed by atoms with Gasteiger partial charge in [0.15, 0.2) is 12.3 Å². The number of aryl methyl sites for hydroxylation is 1. The van der Waals surface area contributed by atoms with Gasteiger partial charge in [-0.15, -0.1) is 0 Å². The number of hydrogen-bond donors (Lipinski definition) is 1. The average molecular weight is 399 g/mol. The summed E-state index contributed by atoms with van der Waals surface area (Å²) in [6.45, 7) is 1.91. The van der Waals surface area contributed by atoms with Gasteiger partial charge in [0.1, 0.15) is 0 Å². The van der Waals surface area contributed by atoms with Crippen LogP contribution in [0.2, 0.25) is 0 Å². The van der Waals surface area contributed by atoms with Crippen LogP contribution in [0.3, 0.4) is 0 Å². The van der Waals surface area contributed by atoms with Gasteiger partial charge >= 0.3 is 0 Å². The van der Waals surface area contributed by atoms with Crippen LogP contribution in [0.5, 0.6) is 0 Å². The second kappa shape index (κ2) is 9.17. The number of benzene rings is 2. The molecule has 0 unspecified atom stereocenters. The maximum absolute atomic E-state index is 12.7. The smallest absolute Gasteiger partial charge is 0.241 e. The average Bonchev–Trinajstić information content (AvgIpc) is 2.69. The lowest BCUT2D eigenvalue weighted by Crippen LogP contribution is -2.49. The van der Waals surface area contributed by atoms with Crippen molar-refractivity contribution in [2.24, 2.45) is 0 Å². The molecule has 0 spiro atoms. The summed E-state index contributed by atoms with van der Waals surface area (Å²) < 4.78 is 29.1. The minimum absolute atomic E-state index is 0.229. The summed E-state index contributed by atoms with van der Waals surface area (Å²) in [4.78, 5) is 0.229. The minimum Gasteiger partial charge on any atom is -0.624 e. The van der Waals surface area contributed by atoms with Gasteiger partial charge in [-0.25, -0.2) is 17.9 Å². The van der Waals surface area contributed by atoms with E-state index in [1.165, 1.54) is 6.21 Å². The Balaban J connectivity index is 1.73. The largest absolute Gasteiger partial charge is 0.624 e. The molecule has 0 radical (unpaired) electrons. The molecule has 2 aromatic rings. The number of nitrogens with one attached hydrogen (secondary N) is 1. The Hall–Kier alpha value is -2.44. The fraction of sp³-hybridized carbons (Fsp3) is 0.318. The first-order valence-electron chi connectivity index (χ1n) is 9.57. The lowest BCUT2D eigenvalue weighted by molar-refractivity contribution is -0.503. The molecule has 0 saturated heterocycles. The van der Waals surface area contributed by atoms with E-state index in [1.807, 2.05) is 43.3 Å². The normalized spacial score (nSPS) is 21.1. The summed E-state index contributed by atoms with van der Waals surface area (Å²) in [5.41, 5.74) is 2.01. The zero-order valence-corrected chi connectivity index (χ0v) is 16.8. The van der Waals surface area contributed by atoms with Crippen LogP contribution in [0.15, 0.2) is 65.6 Å². The van der Waals surface area contributed by atoms with Crippen molar-refractivity contribution in [2.45, 2.75) is 49.6 Å². The number of hydroxylamine groups is 1. The second-order valence-electron chi connectivity index (χ2n) is 7.17. The van der Waals surface area contributed by atoms with Gasteiger partial charge in [0, 0.05) is 12.5 Å². The minimum atomic E-state index is -3.65. The van der Waals surface area contributed by atoms with Crippen molar-refractivity contribution in [3.63, 3.8) is 0 Å². The number of nitrogens with zero attached hydrogens (tertiary/aromatic N) is 1. The van der Waals surface area contributed by atoms with Gasteiger partial charge < -0.3 is 5.21 Å². The summed E-state index contributed by atoms with van der Waals surface area (Å²) in [6, 6.07) is 15.7. The van der Waals surface area contributed by atoms with Crippen molar-refractivity contribution in [1.29, 1.82) is 0 Å². The Labute approximate surface area is 167 Å². The van der Waals surface area contributed by atoms with E-state index in [0.717, 1.165) is 28.7 Å². The summed E-state index contributed by atoms with van der Waals surface area (Å²) in [5.74, 6) is 0. The Morgan fingerprint density at radius 2 is 1.71 bits per heavy atom. The van der Waals surface area contributed by atoms with Crippen LogP contribution in [0.1, 0.15) is 36.8 Å². The van der Waals surface area contributed by atoms with Gasteiger partial charge in [-0.1, -0.05) is 54.4 Å². The van der Waals surface area contributed by atoms with Crippen LogP contribution in [0, 0.1) is 12.1 Å². The molecular formula is C22H26N2O3S. The molecule has 148 valence electrons. The van der Waals surface area contributed by atoms with Gasteiger partial charge in [-0.3, -0.25) is 0 Å². The number of rotatable bonds is 6. The SMILES string of the molecule is Cc1ccc(S(=O)(=O)N[C@@H]2CCCC[C@H]2/[N+]([O-])=C/C=C/c2ccccc2)cc1. The third kappa shape index (κ3) is 5.30. The van der Waals surface area contributed by atoms with E-state index in [2.05, 4.69) is 4.72 Å². The van der Waals surface area contributed by atoms with Crippen LogP contribution in [-0.2, 0) is 10.0 Å². The van der Waals surface area contributed by atoms with E-state index >= 15 is 0 Å². The molecule has 0 heterocycles. The zero-order valence-electron chi connectivity index (χ0n) is 16.0. The molecule has 2 atom stereocenters. The van der Waals surface area contributed by atoms with E-state index in [-0.39, 0.29) is 4.90 Å². The molecule has 0 aliphatic heterocycles. The fourth-order valence-corrected chi connectivity index (χ4v) is 4.76. The molecule has 5 nitrogen and oxygen atoms in total. The van der Waals surface area contributed by atoms with Crippen LogP contribution in [-0.4, -0.2) is 31.5 Å². The van der Waals surface area contributed by atoms with Crippen molar-refractivity contribution in [1.82, 2.24) is 4.72 Å². The highest BCUT2D eigenvalue weighted by Crippen LogP contribution is 2.23. The summed E-state index contributed by atoms with van der Waals surface area (Å²) in [7, 11) is -3.65. The quantitative estimate of drug-likeness (QED) is 0.347. The first-order chi connectivity index (χ1) is 13.5. The predicted octanol–water partition coefficient (Wildman–Crippen LogP) is 3.88. The zero-order chi connectivity index (χ0) is 20.0. The molecule has 0 amide bonds. The van der Waals surface area contributed by atoms with E-state index < -0.39 is 22.1 Å². The molecule has 2 aromatic carbocycles. The summed E-state index contributed by atoms with van der Waals surface area (Å²) in [6.07, 6.45) is 8.20. The lowest BCUT2D eigenvalue weighted by Gasteiger charge is -2.30. The highest BCUT2D eigenvalue weighted by molar-refractivity contribution is 7.89. The molecule has 6 heteroatoms. The van der Waals surface area contributed by atoms with Crippen molar-refractivity contribution < 1.29 is 13.2 Å². The highest BCUT2D eigenvalue weighted by atomic mass is 32.2. The molecular weight excluding hydrogens is 372 g/mol. The highest BCUT2D eigenvalue weighted by Gasteiger charge is 2.34. The Kier molecular flexibility index (Phi) is 6.65. The molecule has 28 heavy (non-hydrogen) atoms. The summed E-state index contributed by atoms with van der Waals surface area (Å²) in [5, 5.41) is 12.6. The van der Waals surface area contributed by atoms with Gasteiger partial charge in [0.2, 0.25) is 10.0 Å². The van der Waals surface area contributed by atoms with E-state index in [1.54, 1.807) is 30.3 Å². The van der Waals surface area contributed by atoms with E-state index in [4.69, 9.17) is 0 Å². The lowest BCUT2D eigenvalue weighted by atomic mass is 9.91. The Morgan fingerprint density at radius 1 is 1.04 bits per heavy atom. The molecule has 3 rings (SSSR count). The van der Waals surface area contributed by atoms with Crippen LogP contribution in [0.4, 0.5) is 0 Å². The standard InChI is InChI=1S/C22H26N2O3S/c1-18-13-15-20(16-14-18)28(26,27)23-21-11-5-6-12-22(21)24(25)17-7-10-19-8-3-2-4-9-19/h2-4,7-10,13-17,21-23H,5-6,11-12H2,1H3/b10-7+,24-17-/t21-,22-/m1/s1. The predicted molar refractivity (Wildman–Crippen MR) is 113 cm³/mol. The first kappa shape index (κ1) is 20.3. The van der Waals surface area contributed by atoms with E-state index in [0.29, 0.717) is 12.8 Å². The van der Waals surface area contributed by atoms with Crippen LogP contribution in [0.25, 0.3) is 6.08 Å². The molecule has 0 aromatic heterocycles. The van der Waals surface area contributed by atoms with Crippen molar-refractivity contribution in [3.8, 4) is 0 Å².